The van der Waals surface area contributed by atoms with E-state index in [0.717, 1.165) is 38.4 Å². The van der Waals surface area contributed by atoms with Crippen molar-refractivity contribution in [3.05, 3.63) is 0 Å². The average molecular weight is 491 g/mol. The molecule has 5 heteroatoms. The highest BCUT2D eigenvalue weighted by molar-refractivity contribution is 4.71. The molecule has 212 valence electrons. The maximum atomic E-state index is 5.21. The number of hydrogen-bond donors (Lipinski definition) is 0. The lowest BCUT2D eigenvalue weighted by molar-refractivity contribution is 0.0238. The van der Waals surface area contributed by atoms with Gasteiger partial charge >= 0.3 is 0 Å². The first-order chi connectivity index (χ1) is 15.8. The molecule has 3 fully saturated rings. The van der Waals surface area contributed by atoms with Crippen molar-refractivity contribution in [1.29, 1.82) is 0 Å². The molecule has 0 atom stereocenters. The van der Waals surface area contributed by atoms with Crippen LogP contribution in [0.25, 0.3) is 0 Å². The largest absolute Gasteiger partial charge is 0.379 e. The van der Waals surface area contributed by atoms with Crippen LogP contribution in [0.2, 0.25) is 0 Å². The normalized spacial score (nSPS) is 19.1. The molecule has 0 radical (unpaired) electrons. The van der Waals surface area contributed by atoms with Gasteiger partial charge in [-0.3, -0.25) is 9.80 Å². The second-order valence-corrected chi connectivity index (χ2v) is 9.01. The van der Waals surface area contributed by atoms with Crippen LogP contribution >= 0.6 is 0 Å². The van der Waals surface area contributed by atoms with Gasteiger partial charge in [-0.15, -0.1) is 0 Å². The third-order valence-corrected chi connectivity index (χ3v) is 5.92. The van der Waals surface area contributed by atoms with Crippen LogP contribution in [0.1, 0.15) is 103 Å². The number of rotatable bonds is 3. The molecule has 0 N–H and O–H groups in total. The Morgan fingerprint density at radius 1 is 0.471 bits per heavy atom. The highest BCUT2D eigenvalue weighted by Gasteiger charge is 2.15. The monoisotopic (exact) mass is 491 g/mol. The average Bonchev–Trinajstić information content (AvgIpc) is 3.40. The van der Waals surface area contributed by atoms with Gasteiger partial charge in [0.25, 0.3) is 0 Å². The predicted molar refractivity (Wildman–Crippen MR) is 158 cm³/mol. The lowest BCUT2D eigenvalue weighted by atomic mass is 10.2. The molecule has 0 aromatic heterocycles. The molecule has 3 aliphatic heterocycles. The van der Waals surface area contributed by atoms with Crippen LogP contribution < -0.4 is 0 Å². The Balaban J connectivity index is -0.000000177. The molecule has 0 aliphatic carbocycles. The highest BCUT2D eigenvalue weighted by atomic mass is 16.5. The van der Waals surface area contributed by atoms with E-state index in [0.29, 0.717) is 6.04 Å². The third kappa shape index (κ3) is 22.3. The number of nitrogens with zero attached hydrogens (tertiary/aromatic N) is 4. The quantitative estimate of drug-likeness (QED) is 0.445. The van der Waals surface area contributed by atoms with Crippen molar-refractivity contribution in [2.45, 2.75) is 121 Å². The minimum Gasteiger partial charge on any atom is -0.379 e. The van der Waals surface area contributed by atoms with E-state index in [4.69, 9.17) is 4.74 Å². The third-order valence-electron chi connectivity index (χ3n) is 5.92. The molecule has 0 spiro atoms. The molecule has 3 aliphatic rings. The van der Waals surface area contributed by atoms with Gasteiger partial charge in [0.1, 0.15) is 0 Å². The van der Waals surface area contributed by atoms with Gasteiger partial charge in [-0.1, -0.05) is 49.0 Å². The Labute approximate surface area is 218 Å². The molecule has 0 aromatic rings. The van der Waals surface area contributed by atoms with Crippen LogP contribution in [0, 0.1) is 0 Å². The molecule has 3 rings (SSSR count). The van der Waals surface area contributed by atoms with Crippen molar-refractivity contribution in [3.63, 3.8) is 0 Å². The fraction of sp³-hybridized carbons (Fsp3) is 1.00. The van der Waals surface area contributed by atoms with Gasteiger partial charge in [0.15, 0.2) is 0 Å². The van der Waals surface area contributed by atoms with Gasteiger partial charge in [0, 0.05) is 57.4 Å². The SMILES string of the molecule is C.CC.CC.CC.CC(C)N1CCCC1.CC(C)N1CCN(C)CC1.CC(C)N1CCOCC1. The molecule has 34 heavy (non-hydrogen) atoms. The number of morpholine rings is 1. The van der Waals surface area contributed by atoms with Crippen LogP contribution in [0.4, 0.5) is 0 Å². The van der Waals surface area contributed by atoms with Crippen LogP contribution in [-0.4, -0.2) is 110 Å². The Morgan fingerprint density at radius 3 is 1.03 bits per heavy atom. The highest BCUT2D eigenvalue weighted by Crippen LogP contribution is 2.10. The molecular weight excluding hydrogens is 420 g/mol. The van der Waals surface area contributed by atoms with Crippen molar-refractivity contribution in [3.8, 4) is 0 Å². The van der Waals surface area contributed by atoms with Crippen molar-refractivity contribution >= 4 is 0 Å². The zero-order valence-corrected chi connectivity index (χ0v) is 25.4. The summed E-state index contributed by atoms with van der Waals surface area (Å²) in [6, 6.07) is 2.19. The van der Waals surface area contributed by atoms with Crippen LogP contribution in [0.15, 0.2) is 0 Å². The van der Waals surface area contributed by atoms with Gasteiger partial charge in [-0.25, -0.2) is 0 Å². The first-order valence-electron chi connectivity index (χ1n) is 14.3. The van der Waals surface area contributed by atoms with Gasteiger partial charge in [-0.2, -0.15) is 0 Å². The minimum atomic E-state index is 0. The van der Waals surface area contributed by atoms with Crippen molar-refractivity contribution in [2.24, 2.45) is 0 Å². The Hall–Kier alpha value is -0.200. The number of likely N-dealkylation sites (tertiary alicyclic amines) is 1. The summed E-state index contributed by atoms with van der Waals surface area (Å²) in [7, 11) is 2.19. The first-order valence-corrected chi connectivity index (χ1v) is 14.3. The maximum absolute atomic E-state index is 5.21. The molecule has 0 amide bonds. The van der Waals surface area contributed by atoms with Gasteiger partial charge in [0.05, 0.1) is 13.2 Å². The molecular formula is C29H70N4O. The predicted octanol–water partition coefficient (Wildman–Crippen LogP) is 6.57. The van der Waals surface area contributed by atoms with E-state index >= 15 is 0 Å². The van der Waals surface area contributed by atoms with Gasteiger partial charge < -0.3 is 14.5 Å². The Bertz CT molecular complexity index is 344. The zero-order valence-electron chi connectivity index (χ0n) is 25.4. The van der Waals surface area contributed by atoms with Crippen LogP contribution in [0.3, 0.4) is 0 Å². The van der Waals surface area contributed by atoms with Gasteiger partial charge in [0.2, 0.25) is 0 Å². The summed E-state index contributed by atoms with van der Waals surface area (Å²) in [5, 5.41) is 0. The first kappa shape index (κ1) is 40.9. The Kier molecular flexibility index (Phi) is 35.0. The summed E-state index contributed by atoms with van der Waals surface area (Å²) < 4.78 is 5.21. The molecule has 0 aromatic carbocycles. The van der Waals surface area contributed by atoms with E-state index < -0.39 is 0 Å². The summed E-state index contributed by atoms with van der Waals surface area (Å²) >= 11 is 0. The fourth-order valence-corrected chi connectivity index (χ4v) is 3.69. The number of piperazine rings is 1. The van der Waals surface area contributed by atoms with Crippen molar-refractivity contribution < 1.29 is 4.74 Å². The van der Waals surface area contributed by atoms with Crippen molar-refractivity contribution in [1.82, 2.24) is 19.6 Å². The number of ether oxygens (including phenoxy) is 1. The van der Waals surface area contributed by atoms with Crippen LogP contribution in [-0.2, 0) is 4.74 Å². The van der Waals surface area contributed by atoms with E-state index in [1.807, 2.05) is 41.5 Å². The summed E-state index contributed by atoms with van der Waals surface area (Å²) in [4.78, 5) is 9.88. The lowest BCUT2D eigenvalue weighted by Crippen LogP contribution is -2.47. The molecule has 0 unspecified atom stereocenters. The standard InChI is InChI=1S/C8H18N2.C7H15NO.C7H15N.3C2H6.CH4/c1-8(2)10-6-4-9(3)5-7-10;1-7(2)8-3-5-9-6-4-8;1-7(2)8-5-3-4-6-8;3*1-2;/h8H,4-7H2,1-3H3;7H,3-6H2,1-2H3;7H,3-6H2,1-2H3;3*1-2H3;1H4. The molecule has 3 heterocycles. The summed E-state index contributed by atoms with van der Waals surface area (Å²) in [6.45, 7) is 37.2. The van der Waals surface area contributed by atoms with E-state index in [2.05, 4.69) is 68.2 Å². The zero-order chi connectivity index (χ0) is 26.2. The van der Waals surface area contributed by atoms with E-state index in [9.17, 15) is 0 Å². The topological polar surface area (TPSA) is 22.2 Å². The molecule has 3 saturated heterocycles. The van der Waals surface area contributed by atoms with Gasteiger partial charge in [-0.05, 0) is 74.5 Å². The molecule has 0 saturated carbocycles. The second-order valence-electron chi connectivity index (χ2n) is 9.01. The van der Waals surface area contributed by atoms with Crippen LogP contribution in [0.5, 0.6) is 0 Å². The number of hydrogen-bond acceptors (Lipinski definition) is 5. The van der Waals surface area contributed by atoms with Crippen molar-refractivity contribution in [2.75, 3.05) is 72.6 Å². The second kappa shape index (κ2) is 29.0. The lowest BCUT2D eigenvalue weighted by Gasteiger charge is -2.34. The number of likely N-dealkylation sites (N-methyl/N-ethyl adjacent to an activating group) is 1. The Morgan fingerprint density at radius 2 is 0.765 bits per heavy atom. The minimum absolute atomic E-state index is 0. The van der Waals surface area contributed by atoms with E-state index in [-0.39, 0.29) is 7.43 Å². The molecule has 5 nitrogen and oxygen atoms in total. The van der Waals surface area contributed by atoms with E-state index in [1.165, 1.54) is 52.1 Å². The summed E-state index contributed by atoms with van der Waals surface area (Å²) in [5.74, 6) is 0. The van der Waals surface area contributed by atoms with E-state index in [1.54, 1.807) is 0 Å². The fourth-order valence-electron chi connectivity index (χ4n) is 3.69. The summed E-state index contributed by atoms with van der Waals surface area (Å²) in [5.41, 5.74) is 0. The summed E-state index contributed by atoms with van der Waals surface area (Å²) in [6.07, 6.45) is 2.83. The molecule has 0 bridgehead atoms. The maximum Gasteiger partial charge on any atom is 0.0594 e. The smallest absolute Gasteiger partial charge is 0.0594 e.